The zero-order chi connectivity index (χ0) is 14.0. The lowest BCUT2D eigenvalue weighted by atomic mass is 10.2. The van der Waals surface area contributed by atoms with Gasteiger partial charge >= 0.3 is 0 Å². The quantitative estimate of drug-likeness (QED) is 0.827. The van der Waals surface area contributed by atoms with Crippen LogP contribution in [-0.2, 0) is 13.5 Å². The number of thiocarbonyl (C=S) groups is 1. The number of amides is 1. The lowest BCUT2D eigenvalue weighted by Crippen LogP contribution is -2.19. The summed E-state index contributed by atoms with van der Waals surface area (Å²) < 4.78 is 6.74. The maximum absolute atomic E-state index is 12.2. The molecule has 2 rings (SSSR count). The first-order valence-electron chi connectivity index (χ1n) is 5.74. The van der Waals surface area contributed by atoms with Gasteiger partial charge in [-0.05, 0) is 6.07 Å². The third-order valence-electron chi connectivity index (χ3n) is 2.75. The van der Waals surface area contributed by atoms with E-state index in [2.05, 4.69) is 10.4 Å². The van der Waals surface area contributed by atoms with Gasteiger partial charge in [-0.25, -0.2) is 0 Å². The first-order valence-corrected chi connectivity index (χ1v) is 6.15. The van der Waals surface area contributed by atoms with Crippen LogP contribution < -0.4 is 11.1 Å². The molecule has 0 radical (unpaired) electrons. The number of rotatable bonds is 4. The smallest absolute Gasteiger partial charge is 0.260 e. The fraction of sp³-hybridized carbons (Fsp3) is 0.250. The highest BCUT2D eigenvalue weighted by atomic mass is 32.1. The van der Waals surface area contributed by atoms with Crippen molar-refractivity contribution in [1.29, 1.82) is 0 Å². The van der Waals surface area contributed by atoms with Crippen molar-refractivity contribution >= 4 is 28.9 Å². The van der Waals surface area contributed by atoms with E-state index in [1.165, 1.54) is 17.1 Å². The predicted octanol–water partition coefficient (Wildman–Crippen LogP) is 1.46. The number of nitrogens with zero attached hydrogens (tertiary/aromatic N) is 2. The minimum atomic E-state index is -0.272. The Labute approximate surface area is 115 Å². The van der Waals surface area contributed by atoms with Crippen molar-refractivity contribution < 1.29 is 9.21 Å². The number of aryl methyl sites for hydroxylation is 2. The van der Waals surface area contributed by atoms with E-state index in [1.54, 1.807) is 13.1 Å². The highest BCUT2D eigenvalue weighted by Crippen LogP contribution is 2.17. The molecule has 0 atom stereocenters. The summed E-state index contributed by atoms with van der Waals surface area (Å²) >= 11 is 4.92. The van der Waals surface area contributed by atoms with Crippen LogP contribution in [0, 0.1) is 0 Å². The van der Waals surface area contributed by atoms with Gasteiger partial charge in [-0.15, -0.1) is 0 Å². The predicted molar refractivity (Wildman–Crippen MR) is 75.1 cm³/mol. The van der Waals surface area contributed by atoms with E-state index >= 15 is 0 Å². The van der Waals surface area contributed by atoms with E-state index in [1.807, 2.05) is 6.92 Å². The molecule has 6 nitrogen and oxygen atoms in total. The standard InChI is InChI=1S/C12H14N4O2S/c1-3-9-7(4-5-18-9)12(17)15-11-8(10(13)19)6-14-16(11)2/h4-6H,3H2,1-2H3,(H2,13,19)(H,15,17). The molecule has 100 valence electrons. The fourth-order valence-corrected chi connectivity index (χ4v) is 1.91. The molecule has 2 heterocycles. The lowest BCUT2D eigenvalue weighted by molar-refractivity contribution is 0.102. The Bertz CT molecular complexity index is 629. The van der Waals surface area contributed by atoms with Crippen LogP contribution in [0.3, 0.4) is 0 Å². The van der Waals surface area contributed by atoms with Crippen LogP contribution in [-0.4, -0.2) is 20.7 Å². The molecule has 0 aliphatic rings. The minimum absolute atomic E-state index is 0.186. The molecule has 0 fully saturated rings. The Hall–Kier alpha value is -2.15. The van der Waals surface area contributed by atoms with Gasteiger partial charge in [0.1, 0.15) is 16.6 Å². The molecule has 19 heavy (non-hydrogen) atoms. The van der Waals surface area contributed by atoms with Gasteiger partial charge in [0, 0.05) is 13.5 Å². The number of carbonyl (C=O) groups is 1. The van der Waals surface area contributed by atoms with Crippen molar-refractivity contribution in [2.45, 2.75) is 13.3 Å². The van der Waals surface area contributed by atoms with Crippen molar-refractivity contribution in [3.8, 4) is 0 Å². The number of aromatic nitrogens is 2. The highest BCUT2D eigenvalue weighted by molar-refractivity contribution is 7.80. The molecule has 1 amide bonds. The summed E-state index contributed by atoms with van der Waals surface area (Å²) in [5.41, 5.74) is 6.62. The number of anilines is 1. The van der Waals surface area contributed by atoms with E-state index in [4.69, 9.17) is 22.4 Å². The molecule has 7 heteroatoms. The minimum Gasteiger partial charge on any atom is -0.469 e. The van der Waals surface area contributed by atoms with Gasteiger partial charge in [0.05, 0.1) is 23.6 Å². The largest absolute Gasteiger partial charge is 0.469 e. The van der Waals surface area contributed by atoms with Gasteiger partial charge in [0.2, 0.25) is 0 Å². The highest BCUT2D eigenvalue weighted by Gasteiger charge is 2.18. The lowest BCUT2D eigenvalue weighted by Gasteiger charge is -2.07. The molecule has 0 aliphatic heterocycles. The van der Waals surface area contributed by atoms with Gasteiger partial charge in [0.15, 0.2) is 0 Å². The Balaban J connectivity index is 2.29. The second-order valence-corrected chi connectivity index (χ2v) is 4.40. The number of hydrogen-bond acceptors (Lipinski definition) is 4. The van der Waals surface area contributed by atoms with E-state index in [0.717, 1.165) is 0 Å². The first kappa shape index (κ1) is 13.3. The average Bonchev–Trinajstić information content (AvgIpc) is 2.96. The molecule has 0 saturated heterocycles. The molecule has 0 aliphatic carbocycles. The normalized spacial score (nSPS) is 10.4. The molecular weight excluding hydrogens is 264 g/mol. The van der Waals surface area contributed by atoms with Crippen molar-refractivity contribution in [2.24, 2.45) is 12.8 Å². The van der Waals surface area contributed by atoms with Gasteiger partial charge in [0.25, 0.3) is 5.91 Å². The Morgan fingerprint density at radius 2 is 2.32 bits per heavy atom. The monoisotopic (exact) mass is 278 g/mol. The summed E-state index contributed by atoms with van der Waals surface area (Å²) in [7, 11) is 1.70. The Kier molecular flexibility index (Phi) is 3.66. The number of hydrogen-bond donors (Lipinski definition) is 2. The third-order valence-corrected chi connectivity index (χ3v) is 2.97. The van der Waals surface area contributed by atoms with Crippen molar-refractivity contribution in [2.75, 3.05) is 5.32 Å². The molecule has 0 saturated carbocycles. The fourth-order valence-electron chi connectivity index (χ4n) is 1.76. The van der Waals surface area contributed by atoms with E-state index in [-0.39, 0.29) is 10.9 Å². The topological polar surface area (TPSA) is 86.1 Å². The summed E-state index contributed by atoms with van der Waals surface area (Å²) in [6.45, 7) is 1.92. The van der Waals surface area contributed by atoms with Crippen LogP contribution in [0.25, 0.3) is 0 Å². The van der Waals surface area contributed by atoms with E-state index in [9.17, 15) is 4.79 Å². The van der Waals surface area contributed by atoms with Gasteiger partial charge in [-0.1, -0.05) is 19.1 Å². The zero-order valence-electron chi connectivity index (χ0n) is 10.6. The SMILES string of the molecule is CCc1occc1C(=O)Nc1c(C(N)=S)cnn1C. The molecule has 3 N–H and O–H groups in total. The van der Waals surface area contributed by atoms with Crippen LogP contribution in [0.15, 0.2) is 22.9 Å². The maximum Gasteiger partial charge on any atom is 0.260 e. The third kappa shape index (κ3) is 2.50. The number of carbonyl (C=O) groups excluding carboxylic acids is 1. The Morgan fingerprint density at radius 3 is 2.95 bits per heavy atom. The van der Waals surface area contributed by atoms with Gasteiger partial charge in [-0.2, -0.15) is 5.10 Å². The van der Waals surface area contributed by atoms with Crippen LogP contribution in [0.2, 0.25) is 0 Å². The van der Waals surface area contributed by atoms with Gasteiger partial charge < -0.3 is 15.5 Å². The summed E-state index contributed by atoms with van der Waals surface area (Å²) in [4.78, 5) is 12.4. The molecule has 0 aromatic carbocycles. The van der Waals surface area contributed by atoms with E-state index in [0.29, 0.717) is 29.1 Å². The van der Waals surface area contributed by atoms with Crippen molar-refractivity contribution in [3.05, 3.63) is 35.4 Å². The van der Waals surface area contributed by atoms with Gasteiger partial charge in [-0.3, -0.25) is 9.48 Å². The van der Waals surface area contributed by atoms with E-state index < -0.39 is 0 Å². The number of furan rings is 1. The molecule has 0 spiro atoms. The maximum atomic E-state index is 12.2. The number of nitrogens with two attached hydrogens (primary N) is 1. The van der Waals surface area contributed by atoms with Crippen LogP contribution >= 0.6 is 12.2 Å². The molecule has 2 aromatic rings. The van der Waals surface area contributed by atoms with Crippen LogP contribution in [0.4, 0.5) is 5.82 Å². The second-order valence-electron chi connectivity index (χ2n) is 3.96. The Morgan fingerprint density at radius 1 is 1.58 bits per heavy atom. The molecule has 2 aromatic heterocycles. The summed E-state index contributed by atoms with van der Waals surface area (Å²) in [5.74, 6) is 0.837. The number of nitrogens with one attached hydrogen (secondary N) is 1. The second kappa shape index (κ2) is 5.23. The van der Waals surface area contributed by atoms with Crippen LogP contribution in [0.5, 0.6) is 0 Å². The summed E-state index contributed by atoms with van der Waals surface area (Å²) in [5, 5.41) is 6.78. The van der Waals surface area contributed by atoms with Crippen molar-refractivity contribution in [1.82, 2.24) is 9.78 Å². The molecule has 0 bridgehead atoms. The molecule has 0 unspecified atom stereocenters. The average molecular weight is 278 g/mol. The zero-order valence-corrected chi connectivity index (χ0v) is 11.5. The van der Waals surface area contributed by atoms with Crippen molar-refractivity contribution in [3.63, 3.8) is 0 Å². The summed E-state index contributed by atoms with van der Waals surface area (Å²) in [6, 6.07) is 1.63. The first-order chi connectivity index (χ1) is 9.04. The summed E-state index contributed by atoms with van der Waals surface area (Å²) in [6.07, 6.45) is 3.66. The molecular formula is C12H14N4O2S. The van der Waals surface area contributed by atoms with Crippen LogP contribution in [0.1, 0.15) is 28.6 Å².